The van der Waals surface area contributed by atoms with E-state index in [4.69, 9.17) is 5.41 Å². The summed E-state index contributed by atoms with van der Waals surface area (Å²) in [7, 11) is 0. The van der Waals surface area contributed by atoms with Crippen molar-refractivity contribution in [2.45, 2.75) is 32.0 Å². The standard InChI is InChI=1S/C19H19F3N4/c1-12(25-17-5-6-18-14(10-17)11-24-26-18)7-16(23)9-13-3-2-4-15(8-13)19(20,21)22/h2-6,8,10-12,23,25H,7,9H2,1H3,(H,24,26). The molecular formula is C19H19F3N4. The van der Waals surface area contributed by atoms with Gasteiger partial charge in [-0.25, -0.2) is 0 Å². The minimum atomic E-state index is -4.36. The van der Waals surface area contributed by atoms with E-state index in [0.717, 1.165) is 28.7 Å². The molecule has 0 saturated heterocycles. The molecule has 136 valence electrons. The summed E-state index contributed by atoms with van der Waals surface area (Å²) in [5.74, 6) is 0. The fraction of sp³-hybridized carbons (Fsp3) is 0.263. The van der Waals surface area contributed by atoms with Crippen molar-refractivity contribution in [2.75, 3.05) is 5.32 Å². The van der Waals surface area contributed by atoms with Gasteiger partial charge in [-0.15, -0.1) is 0 Å². The minimum absolute atomic E-state index is 0.0161. The Kier molecular flexibility index (Phi) is 4.97. The molecule has 3 N–H and O–H groups in total. The zero-order valence-corrected chi connectivity index (χ0v) is 14.2. The Hall–Kier alpha value is -2.83. The quantitative estimate of drug-likeness (QED) is 0.540. The lowest BCUT2D eigenvalue weighted by Crippen LogP contribution is -2.20. The number of halogens is 3. The molecule has 1 atom stereocenters. The monoisotopic (exact) mass is 360 g/mol. The summed E-state index contributed by atoms with van der Waals surface area (Å²) in [5.41, 5.74) is 2.06. The second-order valence-corrected chi connectivity index (χ2v) is 6.40. The molecule has 0 aliphatic heterocycles. The maximum absolute atomic E-state index is 12.8. The molecule has 4 nitrogen and oxygen atoms in total. The van der Waals surface area contributed by atoms with Crippen LogP contribution >= 0.6 is 0 Å². The molecule has 0 fully saturated rings. The molecule has 0 bridgehead atoms. The smallest absolute Gasteiger partial charge is 0.382 e. The Morgan fingerprint density at radius 2 is 2.04 bits per heavy atom. The van der Waals surface area contributed by atoms with E-state index in [1.54, 1.807) is 12.3 Å². The van der Waals surface area contributed by atoms with Gasteiger partial charge in [0.15, 0.2) is 0 Å². The highest BCUT2D eigenvalue weighted by Crippen LogP contribution is 2.29. The van der Waals surface area contributed by atoms with Crippen LogP contribution in [0.1, 0.15) is 24.5 Å². The first kappa shape index (κ1) is 18.0. The van der Waals surface area contributed by atoms with Crippen molar-refractivity contribution in [1.29, 1.82) is 5.41 Å². The summed E-state index contributed by atoms with van der Waals surface area (Å²) in [5, 5.41) is 19.3. The molecule has 1 heterocycles. The van der Waals surface area contributed by atoms with Crippen LogP contribution in [0.15, 0.2) is 48.7 Å². The van der Waals surface area contributed by atoms with Gasteiger partial charge < -0.3 is 10.7 Å². The summed E-state index contributed by atoms with van der Waals surface area (Å²) in [6.45, 7) is 1.94. The zero-order valence-electron chi connectivity index (χ0n) is 14.2. The second kappa shape index (κ2) is 7.19. The molecule has 26 heavy (non-hydrogen) atoms. The third kappa shape index (κ3) is 4.41. The van der Waals surface area contributed by atoms with Crippen molar-refractivity contribution in [3.8, 4) is 0 Å². The number of hydrogen-bond donors (Lipinski definition) is 3. The predicted molar refractivity (Wildman–Crippen MR) is 96.7 cm³/mol. The van der Waals surface area contributed by atoms with Gasteiger partial charge in [-0.3, -0.25) is 5.10 Å². The van der Waals surface area contributed by atoms with Crippen LogP contribution in [0.3, 0.4) is 0 Å². The summed E-state index contributed by atoms with van der Waals surface area (Å²) >= 11 is 0. The molecule has 0 saturated carbocycles. The number of aromatic nitrogens is 2. The van der Waals surface area contributed by atoms with Gasteiger partial charge in [0.2, 0.25) is 0 Å². The number of anilines is 1. The lowest BCUT2D eigenvalue weighted by atomic mass is 10.0. The molecule has 0 spiro atoms. The van der Waals surface area contributed by atoms with Crippen LogP contribution in [0.5, 0.6) is 0 Å². The summed E-state index contributed by atoms with van der Waals surface area (Å²) < 4.78 is 38.3. The van der Waals surface area contributed by atoms with Gasteiger partial charge in [0.25, 0.3) is 0 Å². The third-order valence-corrected chi connectivity index (χ3v) is 4.08. The van der Waals surface area contributed by atoms with E-state index in [9.17, 15) is 13.2 Å². The number of rotatable bonds is 6. The van der Waals surface area contributed by atoms with Crippen LogP contribution < -0.4 is 5.32 Å². The van der Waals surface area contributed by atoms with E-state index in [1.165, 1.54) is 6.07 Å². The summed E-state index contributed by atoms with van der Waals surface area (Å²) in [6, 6.07) is 11.0. The highest BCUT2D eigenvalue weighted by molar-refractivity contribution is 5.85. The van der Waals surface area contributed by atoms with Gasteiger partial charge in [0, 0.05) is 35.7 Å². The second-order valence-electron chi connectivity index (χ2n) is 6.40. The van der Waals surface area contributed by atoms with Crippen LogP contribution in [0.4, 0.5) is 18.9 Å². The molecule has 1 aromatic heterocycles. The van der Waals surface area contributed by atoms with E-state index < -0.39 is 11.7 Å². The van der Waals surface area contributed by atoms with Crippen LogP contribution in [0.2, 0.25) is 0 Å². The van der Waals surface area contributed by atoms with E-state index in [1.807, 2.05) is 25.1 Å². The lowest BCUT2D eigenvalue weighted by Gasteiger charge is -2.16. The minimum Gasteiger partial charge on any atom is -0.382 e. The Balaban J connectivity index is 1.59. The van der Waals surface area contributed by atoms with E-state index in [-0.39, 0.29) is 12.5 Å². The predicted octanol–water partition coefficient (Wildman–Crippen LogP) is 5.03. The maximum Gasteiger partial charge on any atom is 0.416 e. The van der Waals surface area contributed by atoms with Crippen molar-refractivity contribution >= 4 is 22.3 Å². The van der Waals surface area contributed by atoms with E-state index >= 15 is 0 Å². The van der Waals surface area contributed by atoms with E-state index in [2.05, 4.69) is 15.5 Å². The average Bonchev–Trinajstić information content (AvgIpc) is 3.01. The number of fused-ring (bicyclic) bond motifs is 1. The van der Waals surface area contributed by atoms with Crippen molar-refractivity contribution in [1.82, 2.24) is 10.2 Å². The molecular weight excluding hydrogens is 341 g/mol. The van der Waals surface area contributed by atoms with Crippen molar-refractivity contribution < 1.29 is 13.2 Å². The molecule has 0 aliphatic carbocycles. The number of benzene rings is 2. The SMILES string of the molecule is CC(CC(=N)Cc1cccc(C(F)(F)F)c1)Nc1ccc2[nH]ncc2c1. The maximum atomic E-state index is 12.8. The molecule has 2 aromatic carbocycles. The number of nitrogens with zero attached hydrogens (tertiary/aromatic N) is 1. The number of aromatic amines is 1. The molecule has 0 radical (unpaired) electrons. The van der Waals surface area contributed by atoms with E-state index in [0.29, 0.717) is 17.7 Å². The number of H-pyrrole nitrogens is 1. The number of alkyl halides is 3. The lowest BCUT2D eigenvalue weighted by molar-refractivity contribution is -0.137. The summed E-state index contributed by atoms with van der Waals surface area (Å²) in [4.78, 5) is 0. The van der Waals surface area contributed by atoms with Gasteiger partial charge in [0.05, 0.1) is 17.3 Å². The fourth-order valence-corrected chi connectivity index (χ4v) is 2.91. The first-order valence-electron chi connectivity index (χ1n) is 8.23. The molecule has 1 unspecified atom stereocenters. The fourth-order valence-electron chi connectivity index (χ4n) is 2.91. The first-order valence-corrected chi connectivity index (χ1v) is 8.23. The first-order chi connectivity index (χ1) is 12.3. The highest BCUT2D eigenvalue weighted by atomic mass is 19.4. The van der Waals surface area contributed by atoms with Crippen LogP contribution in [-0.4, -0.2) is 22.0 Å². The largest absolute Gasteiger partial charge is 0.416 e. The molecule has 7 heteroatoms. The Labute approximate surface area is 148 Å². The van der Waals surface area contributed by atoms with Crippen LogP contribution in [-0.2, 0) is 12.6 Å². The number of nitrogens with one attached hydrogen (secondary N) is 3. The Morgan fingerprint density at radius 3 is 2.81 bits per heavy atom. The normalized spacial score (nSPS) is 12.9. The number of hydrogen-bond acceptors (Lipinski definition) is 3. The van der Waals surface area contributed by atoms with Crippen molar-refractivity contribution in [3.63, 3.8) is 0 Å². The van der Waals surface area contributed by atoms with Gasteiger partial charge in [-0.05, 0) is 36.8 Å². The topological polar surface area (TPSA) is 64.6 Å². The van der Waals surface area contributed by atoms with Gasteiger partial charge in [-0.2, -0.15) is 18.3 Å². The van der Waals surface area contributed by atoms with Crippen molar-refractivity contribution in [3.05, 3.63) is 59.8 Å². The van der Waals surface area contributed by atoms with Crippen molar-refractivity contribution in [2.24, 2.45) is 0 Å². The third-order valence-electron chi connectivity index (χ3n) is 4.08. The zero-order chi connectivity index (χ0) is 18.7. The molecule has 3 rings (SSSR count). The van der Waals surface area contributed by atoms with Gasteiger partial charge in [-0.1, -0.05) is 18.2 Å². The highest BCUT2D eigenvalue weighted by Gasteiger charge is 2.30. The van der Waals surface area contributed by atoms with Crippen LogP contribution in [0.25, 0.3) is 10.9 Å². The average molecular weight is 360 g/mol. The Bertz CT molecular complexity index is 914. The molecule has 0 aliphatic rings. The van der Waals surface area contributed by atoms with Crippen LogP contribution in [0, 0.1) is 5.41 Å². The van der Waals surface area contributed by atoms with Gasteiger partial charge >= 0.3 is 6.18 Å². The summed E-state index contributed by atoms with van der Waals surface area (Å²) in [6.07, 6.45) is -1.98. The molecule has 3 aromatic rings. The molecule has 0 amide bonds. The van der Waals surface area contributed by atoms with Gasteiger partial charge in [0.1, 0.15) is 0 Å². The Morgan fingerprint density at radius 1 is 1.23 bits per heavy atom.